The quantitative estimate of drug-likeness (QED) is 0.538. The van der Waals surface area contributed by atoms with Crippen molar-refractivity contribution in [2.45, 2.75) is 38.1 Å². The molecule has 2 atom stereocenters. The van der Waals surface area contributed by atoms with Crippen molar-refractivity contribution in [3.63, 3.8) is 0 Å². The number of alkyl halides is 2. The molecule has 0 heterocycles. The van der Waals surface area contributed by atoms with Gasteiger partial charge in [0.2, 0.25) is 0 Å². The van der Waals surface area contributed by atoms with E-state index in [2.05, 4.69) is 0 Å². The first kappa shape index (κ1) is 20.6. The summed E-state index contributed by atoms with van der Waals surface area (Å²) in [6, 6.07) is 18.3. The van der Waals surface area contributed by atoms with Crippen molar-refractivity contribution in [3.05, 3.63) is 83.4 Å². The molecule has 2 unspecified atom stereocenters. The van der Waals surface area contributed by atoms with E-state index in [0.717, 1.165) is 11.1 Å². The Bertz CT molecular complexity index is 774. The molecule has 0 spiro atoms. The van der Waals surface area contributed by atoms with Gasteiger partial charge in [0.1, 0.15) is 0 Å². The maximum atomic E-state index is 14.8. The monoisotopic (exact) mass is 394 g/mol. The summed E-state index contributed by atoms with van der Waals surface area (Å²) in [5, 5.41) is 0. The van der Waals surface area contributed by atoms with Crippen LogP contribution >= 0.6 is 0 Å². The number of rotatable bonds is 7. The maximum absolute atomic E-state index is 14.8. The van der Waals surface area contributed by atoms with Gasteiger partial charge in [-0.05, 0) is 24.0 Å². The van der Waals surface area contributed by atoms with Crippen molar-refractivity contribution >= 4 is 0 Å². The Hall–Kier alpha value is -2.18. The van der Waals surface area contributed by atoms with Crippen LogP contribution in [0.2, 0.25) is 0 Å². The highest BCUT2D eigenvalue weighted by atomic mass is 19.3. The lowest BCUT2D eigenvalue weighted by atomic mass is 9.80. The topological polar surface area (TPSA) is 18.5 Å². The van der Waals surface area contributed by atoms with Crippen LogP contribution in [0.5, 0.6) is 0 Å². The third-order valence-electron chi connectivity index (χ3n) is 4.94. The van der Waals surface area contributed by atoms with Crippen LogP contribution in [0.15, 0.2) is 72.3 Å². The van der Waals surface area contributed by atoms with E-state index in [0.29, 0.717) is 0 Å². The minimum Gasteiger partial charge on any atom is -0.376 e. The molecule has 0 aliphatic heterocycles. The molecule has 28 heavy (non-hydrogen) atoms. The number of ether oxygens (including phenoxy) is 2. The molecular formula is C22H22F4O2. The first-order valence-corrected chi connectivity index (χ1v) is 9.18. The van der Waals surface area contributed by atoms with Gasteiger partial charge >= 0.3 is 0 Å². The molecule has 0 bridgehead atoms. The van der Waals surface area contributed by atoms with Gasteiger partial charge in [0.15, 0.2) is 0 Å². The third kappa shape index (κ3) is 5.00. The first-order valence-electron chi connectivity index (χ1n) is 9.18. The van der Waals surface area contributed by atoms with Crippen molar-refractivity contribution in [1.29, 1.82) is 0 Å². The Balaban J connectivity index is 1.70. The van der Waals surface area contributed by atoms with Crippen LogP contribution in [0.4, 0.5) is 17.6 Å². The lowest BCUT2D eigenvalue weighted by molar-refractivity contribution is -0.149. The molecule has 150 valence electrons. The van der Waals surface area contributed by atoms with Crippen LogP contribution in [0.3, 0.4) is 0 Å². The summed E-state index contributed by atoms with van der Waals surface area (Å²) in [6.45, 7) is -0.0813. The number of hydrogen-bond acceptors (Lipinski definition) is 2. The third-order valence-corrected chi connectivity index (χ3v) is 4.94. The molecule has 1 fully saturated rings. The standard InChI is InChI=1S/C22H22F4O2/c23-21(24)18-11-12-20(28-14-17-9-5-2-6-10-17)19(22(18,25)26)15-27-13-16-7-3-1-4-8-16/h1-10,19-20H,11-15H2. The van der Waals surface area contributed by atoms with Gasteiger partial charge in [0.05, 0.1) is 37.4 Å². The maximum Gasteiger partial charge on any atom is 0.282 e. The molecule has 0 amide bonds. The van der Waals surface area contributed by atoms with Gasteiger partial charge in [-0.3, -0.25) is 0 Å². The van der Waals surface area contributed by atoms with Crippen LogP contribution in [0.1, 0.15) is 24.0 Å². The fourth-order valence-electron chi connectivity index (χ4n) is 3.40. The lowest BCUT2D eigenvalue weighted by Crippen LogP contribution is -2.47. The summed E-state index contributed by atoms with van der Waals surface area (Å²) >= 11 is 0. The Labute approximate surface area is 161 Å². The summed E-state index contributed by atoms with van der Waals surface area (Å²) in [4.78, 5) is 0. The SMILES string of the molecule is FC(F)=C1CCC(OCc2ccccc2)C(COCc2ccccc2)C1(F)F. The molecule has 6 heteroatoms. The Morgan fingerprint density at radius 1 is 0.893 bits per heavy atom. The predicted octanol–water partition coefficient (Wildman–Crippen LogP) is 5.98. The average molecular weight is 394 g/mol. The summed E-state index contributed by atoms with van der Waals surface area (Å²) in [5.41, 5.74) is 0.573. The van der Waals surface area contributed by atoms with E-state index >= 15 is 0 Å². The summed E-state index contributed by atoms with van der Waals surface area (Å²) in [6.07, 6.45) is -3.45. The van der Waals surface area contributed by atoms with E-state index in [-0.39, 0.29) is 32.7 Å². The van der Waals surface area contributed by atoms with E-state index < -0.39 is 29.6 Å². The first-order chi connectivity index (χ1) is 13.5. The van der Waals surface area contributed by atoms with E-state index in [1.807, 2.05) is 60.7 Å². The van der Waals surface area contributed by atoms with Crippen molar-refractivity contribution in [2.75, 3.05) is 6.61 Å². The summed E-state index contributed by atoms with van der Waals surface area (Å²) < 4.78 is 66.9. The molecule has 0 saturated heterocycles. The van der Waals surface area contributed by atoms with Crippen LogP contribution in [0, 0.1) is 5.92 Å². The molecule has 1 aliphatic rings. The molecular weight excluding hydrogens is 372 g/mol. The zero-order chi connectivity index (χ0) is 20.0. The van der Waals surface area contributed by atoms with Gasteiger partial charge in [0, 0.05) is 0 Å². The second-order valence-electron chi connectivity index (χ2n) is 6.84. The fourth-order valence-corrected chi connectivity index (χ4v) is 3.40. The Morgan fingerprint density at radius 3 is 2.04 bits per heavy atom. The Morgan fingerprint density at radius 2 is 1.46 bits per heavy atom. The number of hydrogen-bond donors (Lipinski definition) is 0. The van der Waals surface area contributed by atoms with E-state index in [9.17, 15) is 17.6 Å². The highest BCUT2D eigenvalue weighted by Gasteiger charge is 2.53. The highest BCUT2D eigenvalue weighted by Crippen LogP contribution is 2.46. The van der Waals surface area contributed by atoms with Gasteiger partial charge in [-0.25, -0.2) is 8.78 Å². The predicted molar refractivity (Wildman–Crippen MR) is 98.0 cm³/mol. The molecule has 0 aromatic heterocycles. The second kappa shape index (κ2) is 9.34. The van der Waals surface area contributed by atoms with E-state index in [1.165, 1.54) is 0 Å². The van der Waals surface area contributed by atoms with E-state index in [1.54, 1.807) is 0 Å². The minimum atomic E-state index is -3.67. The molecule has 2 aromatic rings. The number of halogens is 4. The normalized spacial score (nSPS) is 21.5. The largest absolute Gasteiger partial charge is 0.376 e. The zero-order valence-corrected chi connectivity index (χ0v) is 15.3. The van der Waals surface area contributed by atoms with Crippen molar-refractivity contribution < 1.29 is 27.0 Å². The number of allylic oxidation sites excluding steroid dienone is 1. The smallest absolute Gasteiger partial charge is 0.282 e. The molecule has 0 N–H and O–H groups in total. The van der Waals surface area contributed by atoms with E-state index in [4.69, 9.17) is 9.47 Å². The minimum absolute atomic E-state index is 0.106. The molecule has 2 aromatic carbocycles. The van der Waals surface area contributed by atoms with Crippen molar-refractivity contribution in [3.8, 4) is 0 Å². The van der Waals surface area contributed by atoms with Gasteiger partial charge < -0.3 is 9.47 Å². The summed E-state index contributed by atoms with van der Waals surface area (Å²) in [5.74, 6) is -5.14. The van der Waals surface area contributed by atoms with Crippen LogP contribution in [0.25, 0.3) is 0 Å². The molecule has 1 saturated carbocycles. The van der Waals surface area contributed by atoms with Gasteiger partial charge in [-0.2, -0.15) is 8.78 Å². The molecule has 1 aliphatic carbocycles. The van der Waals surface area contributed by atoms with Crippen LogP contribution < -0.4 is 0 Å². The fraction of sp³-hybridized carbons (Fsp3) is 0.364. The van der Waals surface area contributed by atoms with Crippen molar-refractivity contribution in [2.24, 2.45) is 5.92 Å². The summed E-state index contributed by atoms with van der Waals surface area (Å²) in [7, 11) is 0. The van der Waals surface area contributed by atoms with Crippen molar-refractivity contribution in [1.82, 2.24) is 0 Å². The molecule has 2 nitrogen and oxygen atoms in total. The zero-order valence-electron chi connectivity index (χ0n) is 15.3. The Kier molecular flexibility index (Phi) is 6.86. The highest BCUT2D eigenvalue weighted by molar-refractivity contribution is 5.20. The van der Waals surface area contributed by atoms with Gasteiger partial charge in [-0.15, -0.1) is 0 Å². The van der Waals surface area contributed by atoms with Crippen LogP contribution in [-0.4, -0.2) is 18.6 Å². The van der Waals surface area contributed by atoms with Crippen LogP contribution in [-0.2, 0) is 22.7 Å². The number of benzene rings is 2. The van der Waals surface area contributed by atoms with Gasteiger partial charge in [-0.1, -0.05) is 60.7 Å². The van der Waals surface area contributed by atoms with Gasteiger partial charge in [0.25, 0.3) is 12.0 Å². The molecule has 0 radical (unpaired) electrons. The lowest BCUT2D eigenvalue weighted by Gasteiger charge is -2.38. The second-order valence-corrected chi connectivity index (χ2v) is 6.84. The average Bonchev–Trinajstić information content (AvgIpc) is 2.69. The molecule has 3 rings (SSSR count).